The van der Waals surface area contributed by atoms with Crippen LogP contribution in [0.25, 0.3) is 0 Å². The van der Waals surface area contributed by atoms with Crippen LogP contribution in [0.2, 0.25) is 0 Å². The molecule has 1 aliphatic rings. The Morgan fingerprint density at radius 3 is 2.21 bits per heavy atom. The molecule has 1 saturated heterocycles. The summed E-state index contributed by atoms with van der Waals surface area (Å²) in [5.41, 5.74) is 0.887. The molecule has 2 N–H and O–H groups in total. The first-order valence-electron chi connectivity index (χ1n) is 13.3. The minimum atomic E-state index is -4.20. The molecule has 0 unspecified atom stereocenters. The average Bonchev–Trinajstić information content (AvgIpc) is 3.55. The number of hydrogen-bond donors (Lipinski definition) is 2. The van der Waals surface area contributed by atoms with Crippen LogP contribution in [0.1, 0.15) is 30.7 Å². The lowest BCUT2D eigenvalue weighted by atomic mass is 10.2. The second kappa shape index (κ2) is 12.7. The number of H-pyrrole nitrogens is 1. The Morgan fingerprint density at radius 2 is 1.62 bits per heavy atom. The third-order valence-corrected chi connectivity index (χ3v) is 8.45. The highest BCUT2D eigenvalue weighted by atomic mass is 31.2. The van der Waals surface area contributed by atoms with E-state index in [0.29, 0.717) is 5.69 Å². The third-order valence-electron chi connectivity index (χ3n) is 6.53. The number of aromatic nitrogens is 5. The van der Waals surface area contributed by atoms with E-state index in [1.165, 1.54) is 21.5 Å². The number of ether oxygens (including phenoxy) is 2. The maximum Gasteiger partial charge on any atom is 0.362 e. The van der Waals surface area contributed by atoms with Crippen molar-refractivity contribution in [3.63, 3.8) is 0 Å². The fourth-order valence-corrected chi connectivity index (χ4v) is 6.18. The highest BCUT2D eigenvalue weighted by Gasteiger charge is 2.52. The molecule has 3 atom stereocenters. The summed E-state index contributed by atoms with van der Waals surface area (Å²) in [7, 11) is -4.20. The van der Waals surface area contributed by atoms with Crippen LogP contribution >= 0.6 is 7.60 Å². The lowest BCUT2D eigenvalue weighted by Gasteiger charge is -2.29. The molecule has 1 aliphatic heterocycles. The molecular formula is C28H32N5O8P. The highest BCUT2D eigenvalue weighted by molar-refractivity contribution is 7.54. The van der Waals surface area contributed by atoms with E-state index in [1.807, 2.05) is 60.7 Å². The summed E-state index contributed by atoms with van der Waals surface area (Å²) >= 11 is 0. The van der Waals surface area contributed by atoms with Gasteiger partial charge in [-0.25, -0.2) is 9.48 Å². The van der Waals surface area contributed by atoms with Gasteiger partial charge in [-0.1, -0.05) is 65.9 Å². The van der Waals surface area contributed by atoms with Crippen LogP contribution in [0.3, 0.4) is 0 Å². The lowest BCUT2D eigenvalue weighted by molar-refractivity contribution is -0.152. The largest absolute Gasteiger partial charge is 0.378 e. The first-order chi connectivity index (χ1) is 20.1. The molecule has 3 heterocycles. The first-order valence-corrected chi connectivity index (χ1v) is 14.9. The summed E-state index contributed by atoms with van der Waals surface area (Å²) in [5, 5.41) is 19.7. The van der Waals surface area contributed by atoms with Crippen molar-refractivity contribution in [1.82, 2.24) is 24.5 Å². The number of aliphatic hydroxyl groups is 1. The van der Waals surface area contributed by atoms with Crippen molar-refractivity contribution in [1.29, 1.82) is 0 Å². The molecule has 2 aromatic heterocycles. The molecule has 13 nitrogen and oxygen atoms in total. The highest BCUT2D eigenvalue weighted by Crippen LogP contribution is 2.56. The van der Waals surface area contributed by atoms with E-state index in [0.717, 1.165) is 11.1 Å². The Kier molecular flexibility index (Phi) is 8.97. The number of nitrogens with one attached hydrogen (secondary N) is 1. The van der Waals surface area contributed by atoms with Crippen LogP contribution < -0.4 is 11.2 Å². The topological polar surface area (TPSA) is 160 Å². The van der Waals surface area contributed by atoms with Crippen LogP contribution in [-0.4, -0.2) is 53.5 Å². The smallest absolute Gasteiger partial charge is 0.362 e. The van der Waals surface area contributed by atoms with Gasteiger partial charge in [-0.15, -0.1) is 5.10 Å². The Hall–Kier alpha value is -3.71. The number of benzene rings is 2. The predicted octanol–water partition coefficient (Wildman–Crippen LogP) is 2.64. The number of rotatable bonds is 12. The minimum Gasteiger partial charge on any atom is -0.378 e. The van der Waals surface area contributed by atoms with Gasteiger partial charge in [0.2, 0.25) is 0 Å². The number of nitrogens with zero attached hydrogens (tertiary/aromatic N) is 4. The van der Waals surface area contributed by atoms with Crippen molar-refractivity contribution in [2.75, 3.05) is 0 Å². The summed E-state index contributed by atoms with van der Waals surface area (Å²) in [4.78, 5) is 25.6. The fourth-order valence-electron chi connectivity index (χ4n) is 4.53. The number of hydrogen-bond acceptors (Lipinski definition) is 10. The zero-order valence-electron chi connectivity index (χ0n) is 23.1. The van der Waals surface area contributed by atoms with Crippen LogP contribution in [-0.2, 0) is 49.4 Å². The van der Waals surface area contributed by atoms with Crippen LogP contribution in [0.15, 0.2) is 88.7 Å². The van der Waals surface area contributed by atoms with Crippen molar-refractivity contribution in [2.24, 2.45) is 0 Å². The molecule has 0 bridgehead atoms. The SMILES string of the molecule is CC1(C)O[C@@H]([C@@H](O)P(=O)(OCc2ccccc2)OCc2ccccc2)[C@@H](Cn2cc(Cn3ccc(=O)[nH]c3=O)nn2)O1. The molecule has 42 heavy (non-hydrogen) atoms. The zero-order valence-corrected chi connectivity index (χ0v) is 24.0. The Balaban J connectivity index is 1.34. The molecule has 0 saturated carbocycles. The van der Waals surface area contributed by atoms with E-state index in [2.05, 4.69) is 15.3 Å². The monoisotopic (exact) mass is 597 g/mol. The van der Waals surface area contributed by atoms with Crippen molar-refractivity contribution in [3.8, 4) is 0 Å². The molecule has 14 heteroatoms. The van der Waals surface area contributed by atoms with Gasteiger partial charge in [0, 0.05) is 12.3 Å². The molecule has 0 amide bonds. The molecular weight excluding hydrogens is 565 g/mol. The Labute approximate surface area is 241 Å². The van der Waals surface area contributed by atoms with Crippen LogP contribution in [0.4, 0.5) is 0 Å². The summed E-state index contributed by atoms with van der Waals surface area (Å²) in [6.07, 6.45) is 1.06. The molecule has 2 aromatic carbocycles. The number of aliphatic hydroxyl groups excluding tert-OH is 1. The van der Waals surface area contributed by atoms with Gasteiger partial charge in [-0.3, -0.25) is 18.9 Å². The first kappa shape index (κ1) is 29.8. The summed E-state index contributed by atoms with van der Waals surface area (Å²) in [5.74, 6) is -2.81. The van der Waals surface area contributed by atoms with Crippen LogP contribution in [0, 0.1) is 0 Å². The van der Waals surface area contributed by atoms with E-state index in [4.69, 9.17) is 18.5 Å². The van der Waals surface area contributed by atoms with Crippen molar-refractivity contribution < 1.29 is 28.2 Å². The van der Waals surface area contributed by atoms with E-state index < -0.39 is 42.7 Å². The average molecular weight is 598 g/mol. The second-order valence-corrected chi connectivity index (χ2v) is 12.4. The van der Waals surface area contributed by atoms with Gasteiger partial charge in [0.1, 0.15) is 17.9 Å². The van der Waals surface area contributed by atoms with Gasteiger partial charge in [0.15, 0.2) is 11.6 Å². The summed E-state index contributed by atoms with van der Waals surface area (Å²) in [6.45, 7) is 3.41. The van der Waals surface area contributed by atoms with Crippen molar-refractivity contribution in [2.45, 2.75) is 64.0 Å². The molecule has 0 spiro atoms. The van der Waals surface area contributed by atoms with Crippen molar-refractivity contribution >= 4 is 7.60 Å². The van der Waals surface area contributed by atoms with Gasteiger partial charge in [-0.05, 0) is 25.0 Å². The Morgan fingerprint density at radius 1 is 1.00 bits per heavy atom. The maximum absolute atomic E-state index is 14.2. The normalized spacial score (nSPS) is 19.1. The fraction of sp³-hybridized carbons (Fsp3) is 0.357. The summed E-state index contributed by atoms with van der Waals surface area (Å²) in [6, 6.07) is 19.5. The molecule has 5 rings (SSSR count). The molecule has 0 aliphatic carbocycles. The van der Waals surface area contributed by atoms with E-state index >= 15 is 0 Å². The van der Waals surface area contributed by atoms with Gasteiger partial charge in [0.05, 0.1) is 32.5 Å². The lowest BCUT2D eigenvalue weighted by Crippen LogP contribution is -2.38. The Bertz CT molecular complexity index is 1590. The molecule has 1 fully saturated rings. The quantitative estimate of drug-likeness (QED) is 0.233. The minimum absolute atomic E-state index is 0.0534. The molecule has 0 radical (unpaired) electrons. The standard InChI is InChI=1S/C28H32N5O8P/c1-28(2)40-23(17-33-16-22(30-31-33)15-32-14-13-24(34)29-27(32)36)25(41-28)26(35)42(37,38-18-20-9-5-3-6-10-20)39-19-21-11-7-4-8-12-21/h3-14,16,23,25-26,35H,15,17-19H2,1-2H3,(H,29,34,36)/t23-,25-,26+/m1/s1. The van der Waals surface area contributed by atoms with Gasteiger partial charge < -0.3 is 23.6 Å². The van der Waals surface area contributed by atoms with Gasteiger partial charge >= 0.3 is 13.3 Å². The maximum atomic E-state index is 14.2. The van der Waals surface area contributed by atoms with E-state index in [9.17, 15) is 19.3 Å². The zero-order chi connectivity index (χ0) is 29.7. The van der Waals surface area contributed by atoms with Gasteiger partial charge in [-0.2, -0.15) is 0 Å². The molecule has 4 aromatic rings. The summed E-state index contributed by atoms with van der Waals surface area (Å²) < 4.78 is 40.7. The number of aromatic amines is 1. The van der Waals surface area contributed by atoms with Crippen molar-refractivity contribution in [3.05, 3.63) is 117 Å². The van der Waals surface area contributed by atoms with E-state index in [1.54, 1.807) is 20.0 Å². The van der Waals surface area contributed by atoms with Crippen LogP contribution in [0.5, 0.6) is 0 Å². The predicted molar refractivity (Wildman–Crippen MR) is 150 cm³/mol. The second-order valence-electron chi connectivity index (χ2n) is 10.3. The van der Waals surface area contributed by atoms with E-state index in [-0.39, 0.29) is 26.3 Å². The third kappa shape index (κ3) is 7.37. The molecule has 222 valence electrons. The van der Waals surface area contributed by atoms with Gasteiger partial charge in [0.25, 0.3) is 5.56 Å².